The van der Waals surface area contributed by atoms with E-state index < -0.39 is 0 Å². The number of nitrogens with zero attached hydrogens (tertiary/aromatic N) is 3. The number of rotatable bonds is 4. The van der Waals surface area contributed by atoms with Gasteiger partial charge in [0.2, 0.25) is 11.9 Å². The van der Waals surface area contributed by atoms with Crippen LogP contribution in [0.25, 0.3) is 0 Å². The summed E-state index contributed by atoms with van der Waals surface area (Å²) in [6, 6.07) is 1.93. The van der Waals surface area contributed by atoms with Crippen LogP contribution in [0.2, 0.25) is 0 Å². The highest BCUT2D eigenvalue weighted by molar-refractivity contribution is 5.81. The number of aromatic nitrogens is 2. The zero-order chi connectivity index (χ0) is 13.7. The molecule has 2 rings (SSSR count). The zero-order valence-corrected chi connectivity index (χ0v) is 11.6. The number of nitrogens with one attached hydrogen (secondary N) is 2. The Morgan fingerprint density at radius 3 is 3.11 bits per heavy atom. The lowest BCUT2D eigenvalue weighted by atomic mass is 10.3. The molecule has 0 unspecified atom stereocenters. The van der Waals surface area contributed by atoms with Crippen molar-refractivity contribution in [3.8, 4) is 0 Å². The van der Waals surface area contributed by atoms with Crippen LogP contribution in [0.4, 0.5) is 11.8 Å². The van der Waals surface area contributed by atoms with Crippen molar-refractivity contribution >= 4 is 17.7 Å². The molecule has 1 aromatic rings. The van der Waals surface area contributed by atoms with Crippen LogP contribution in [0, 0.1) is 6.92 Å². The molecule has 1 fully saturated rings. The fraction of sp³-hybridized carbons (Fsp3) is 0.615. The van der Waals surface area contributed by atoms with Crippen LogP contribution in [-0.2, 0) is 4.79 Å². The average molecular weight is 263 g/mol. The first-order valence-electron chi connectivity index (χ1n) is 6.80. The maximum absolute atomic E-state index is 11.6. The number of carbonyl (C=O) groups excluding carboxylic acids is 1. The molecule has 2 heterocycles. The first-order chi connectivity index (χ1) is 9.19. The molecule has 0 saturated carbocycles. The summed E-state index contributed by atoms with van der Waals surface area (Å²) in [6.07, 6.45) is 1.96. The summed E-state index contributed by atoms with van der Waals surface area (Å²) in [7, 11) is 0. The van der Waals surface area contributed by atoms with Gasteiger partial charge >= 0.3 is 0 Å². The van der Waals surface area contributed by atoms with Gasteiger partial charge in [0, 0.05) is 31.4 Å². The number of amides is 1. The van der Waals surface area contributed by atoms with Crippen LogP contribution in [0.3, 0.4) is 0 Å². The van der Waals surface area contributed by atoms with E-state index in [0.717, 1.165) is 44.0 Å². The smallest absolute Gasteiger partial charge is 0.239 e. The largest absolute Gasteiger partial charge is 0.354 e. The molecule has 0 aromatic carbocycles. The number of carbonyl (C=O) groups is 1. The lowest BCUT2D eigenvalue weighted by Gasteiger charge is -2.21. The van der Waals surface area contributed by atoms with E-state index in [1.54, 1.807) is 0 Å². The summed E-state index contributed by atoms with van der Waals surface area (Å²) in [6.45, 7) is 6.83. The van der Waals surface area contributed by atoms with Crippen LogP contribution in [0.5, 0.6) is 0 Å². The summed E-state index contributed by atoms with van der Waals surface area (Å²) in [5, 5.41) is 6.06. The molecule has 0 bridgehead atoms. The third-order valence-corrected chi connectivity index (χ3v) is 2.96. The Morgan fingerprint density at radius 2 is 2.32 bits per heavy atom. The zero-order valence-electron chi connectivity index (χ0n) is 11.6. The third kappa shape index (κ3) is 3.81. The Kier molecular flexibility index (Phi) is 4.54. The number of hydrogen-bond donors (Lipinski definition) is 2. The van der Waals surface area contributed by atoms with Crippen LogP contribution in [0.1, 0.15) is 25.5 Å². The molecule has 6 heteroatoms. The molecule has 1 aliphatic rings. The maximum atomic E-state index is 11.6. The average Bonchev–Trinajstić information content (AvgIpc) is 2.60. The van der Waals surface area contributed by atoms with Crippen molar-refractivity contribution in [3.63, 3.8) is 0 Å². The molecule has 1 aliphatic heterocycles. The van der Waals surface area contributed by atoms with Crippen molar-refractivity contribution in [2.45, 2.75) is 26.7 Å². The van der Waals surface area contributed by atoms with Crippen molar-refractivity contribution in [1.82, 2.24) is 15.3 Å². The van der Waals surface area contributed by atoms with E-state index in [-0.39, 0.29) is 5.91 Å². The van der Waals surface area contributed by atoms with Gasteiger partial charge < -0.3 is 15.5 Å². The normalized spacial score (nSPS) is 15.9. The number of anilines is 2. The van der Waals surface area contributed by atoms with Crippen LogP contribution in [-0.4, -0.2) is 42.1 Å². The molecule has 1 amide bonds. The first-order valence-corrected chi connectivity index (χ1v) is 6.80. The van der Waals surface area contributed by atoms with Crippen molar-refractivity contribution in [2.75, 3.05) is 36.4 Å². The molecule has 1 aromatic heterocycles. The predicted molar refractivity (Wildman–Crippen MR) is 75.4 cm³/mol. The topological polar surface area (TPSA) is 70.2 Å². The minimum absolute atomic E-state index is 0.0526. The van der Waals surface area contributed by atoms with Gasteiger partial charge in [0.15, 0.2) is 0 Å². The van der Waals surface area contributed by atoms with Gasteiger partial charge in [-0.25, -0.2) is 4.98 Å². The lowest BCUT2D eigenvalue weighted by Crippen LogP contribution is -2.33. The Morgan fingerprint density at radius 1 is 1.47 bits per heavy atom. The second kappa shape index (κ2) is 6.36. The minimum Gasteiger partial charge on any atom is -0.354 e. The molecule has 0 spiro atoms. The second-order valence-corrected chi connectivity index (χ2v) is 4.74. The fourth-order valence-corrected chi connectivity index (χ4v) is 2.03. The molecular formula is C13H21N5O. The van der Waals surface area contributed by atoms with Gasteiger partial charge in [-0.2, -0.15) is 4.98 Å². The standard InChI is InChI=1S/C13H21N5O/c1-3-5-15-13-16-10(2)8-11(17-13)18-7-4-6-14-12(19)9-18/h8H,3-7,9H2,1-2H3,(H,14,19)(H,15,16,17). The molecule has 0 atom stereocenters. The summed E-state index contributed by atoms with van der Waals surface area (Å²) >= 11 is 0. The van der Waals surface area contributed by atoms with E-state index >= 15 is 0 Å². The Balaban J connectivity index is 2.17. The van der Waals surface area contributed by atoms with Gasteiger partial charge in [-0.05, 0) is 19.8 Å². The fourth-order valence-electron chi connectivity index (χ4n) is 2.03. The highest BCUT2D eigenvalue weighted by atomic mass is 16.2. The van der Waals surface area contributed by atoms with Gasteiger partial charge in [0.1, 0.15) is 5.82 Å². The van der Waals surface area contributed by atoms with Gasteiger partial charge in [0.25, 0.3) is 0 Å². The van der Waals surface area contributed by atoms with Crippen LogP contribution >= 0.6 is 0 Å². The van der Waals surface area contributed by atoms with E-state index in [2.05, 4.69) is 27.5 Å². The lowest BCUT2D eigenvalue weighted by molar-refractivity contribution is -0.119. The maximum Gasteiger partial charge on any atom is 0.239 e. The monoisotopic (exact) mass is 263 g/mol. The Labute approximate surface area is 113 Å². The van der Waals surface area contributed by atoms with Crippen LogP contribution < -0.4 is 15.5 Å². The van der Waals surface area contributed by atoms with E-state index in [0.29, 0.717) is 12.5 Å². The number of aryl methyl sites for hydroxylation is 1. The molecule has 6 nitrogen and oxygen atoms in total. The SMILES string of the molecule is CCCNc1nc(C)cc(N2CCCNC(=O)C2)n1. The molecule has 1 saturated heterocycles. The van der Waals surface area contributed by atoms with Crippen molar-refractivity contribution in [2.24, 2.45) is 0 Å². The van der Waals surface area contributed by atoms with E-state index in [4.69, 9.17) is 0 Å². The molecule has 2 N–H and O–H groups in total. The van der Waals surface area contributed by atoms with E-state index in [9.17, 15) is 4.79 Å². The van der Waals surface area contributed by atoms with Gasteiger partial charge in [-0.1, -0.05) is 6.92 Å². The Hall–Kier alpha value is -1.85. The minimum atomic E-state index is 0.0526. The third-order valence-electron chi connectivity index (χ3n) is 2.96. The quantitative estimate of drug-likeness (QED) is 0.846. The summed E-state index contributed by atoms with van der Waals surface area (Å²) < 4.78 is 0. The molecule has 19 heavy (non-hydrogen) atoms. The molecule has 0 radical (unpaired) electrons. The van der Waals surface area contributed by atoms with Crippen molar-refractivity contribution in [1.29, 1.82) is 0 Å². The van der Waals surface area contributed by atoms with Crippen molar-refractivity contribution < 1.29 is 4.79 Å². The number of hydrogen-bond acceptors (Lipinski definition) is 5. The second-order valence-electron chi connectivity index (χ2n) is 4.74. The summed E-state index contributed by atoms with van der Waals surface area (Å²) in [5.41, 5.74) is 0.910. The van der Waals surface area contributed by atoms with Gasteiger partial charge in [-0.15, -0.1) is 0 Å². The van der Waals surface area contributed by atoms with E-state index in [1.165, 1.54) is 0 Å². The highest BCUT2D eigenvalue weighted by Gasteiger charge is 2.17. The van der Waals surface area contributed by atoms with Crippen molar-refractivity contribution in [3.05, 3.63) is 11.8 Å². The molecule has 104 valence electrons. The predicted octanol–water partition coefficient (Wildman–Crippen LogP) is 0.933. The summed E-state index contributed by atoms with van der Waals surface area (Å²) in [4.78, 5) is 22.5. The Bertz CT molecular complexity index is 449. The molecular weight excluding hydrogens is 242 g/mol. The van der Waals surface area contributed by atoms with E-state index in [1.807, 2.05) is 17.9 Å². The van der Waals surface area contributed by atoms with Gasteiger partial charge in [0.05, 0.1) is 6.54 Å². The highest BCUT2D eigenvalue weighted by Crippen LogP contribution is 2.16. The first kappa shape index (κ1) is 13.6. The summed E-state index contributed by atoms with van der Waals surface area (Å²) in [5.74, 6) is 1.52. The van der Waals surface area contributed by atoms with Gasteiger partial charge in [-0.3, -0.25) is 4.79 Å². The molecule has 0 aliphatic carbocycles. The van der Waals surface area contributed by atoms with Crippen LogP contribution in [0.15, 0.2) is 6.07 Å².